The van der Waals surface area contributed by atoms with E-state index in [0.29, 0.717) is 25.6 Å². The molecule has 2 aromatic carbocycles. The number of hydrogen-bond donors (Lipinski definition) is 1. The van der Waals surface area contributed by atoms with E-state index in [0.717, 1.165) is 0 Å². The second-order valence-corrected chi connectivity index (χ2v) is 7.98. The van der Waals surface area contributed by atoms with Gasteiger partial charge in [-0.1, -0.05) is 67.8 Å². The van der Waals surface area contributed by atoms with Crippen LogP contribution in [-0.2, 0) is 4.74 Å². The van der Waals surface area contributed by atoms with E-state index < -0.39 is 0 Å². The molecule has 1 fully saturated rings. The Morgan fingerprint density at radius 3 is 2.18 bits per heavy atom. The summed E-state index contributed by atoms with van der Waals surface area (Å²) in [6, 6.07) is 16.7. The monoisotopic (exact) mass is 379 g/mol. The van der Waals surface area contributed by atoms with Gasteiger partial charge in [-0.05, 0) is 41.0 Å². The Labute approximate surface area is 167 Å². The summed E-state index contributed by atoms with van der Waals surface area (Å²) in [4.78, 5) is 14.5. The van der Waals surface area contributed by atoms with Crippen molar-refractivity contribution in [1.29, 1.82) is 0 Å². The first kappa shape index (κ1) is 19.0. The van der Waals surface area contributed by atoms with Gasteiger partial charge < -0.3 is 14.7 Å². The van der Waals surface area contributed by atoms with E-state index in [2.05, 4.69) is 36.4 Å². The van der Waals surface area contributed by atoms with E-state index in [1.807, 2.05) is 12.1 Å². The van der Waals surface area contributed by atoms with Crippen molar-refractivity contribution in [1.82, 2.24) is 4.90 Å². The lowest BCUT2D eigenvalue weighted by Crippen LogP contribution is -2.38. The molecule has 0 aliphatic heterocycles. The fourth-order valence-corrected chi connectivity index (χ4v) is 4.74. The Bertz CT molecular complexity index is 768. The second kappa shape index (κ2) is 8.78. The van der Waals surface area contributed by atoms with Crippen molar-refractivity contribution < 1.29 is 14.6 Å². The van der Waals surface area contributed by atoms with Gasteiger partial charge in [0.1, 0.15) is 6.61 Å². The minimum atomic E-state index is -0.304. The third-order valence-electron chi connectivity index (χ3n) is 6.17. The van der Waals surface area contributed by atoms with Gasteiger partial charge in [0.25, 0.3) is 0 Å². The van der Waals surface area contributed by atoms with Crippen molar-refractivity contribution in [3.63, 3.8) is 0 Å². The molecule has 2 aromatic rings. The summed E-state index contributed by atoms with van der Waals surface area (Å²) in [6.45, 7) is 1.33. The minimum absolute atomic E-state index is 0.0308. The van der Waals surface area contributed by atoms with Crippen molar-refractivity contribution in [2.75, 3.05) is 26.3 Å². The largest absolute Gasteiger partial charge is 0.448 e. The number of benzene rings is 2. The lowest BCUT2D eigenvalue weighted by molar-refractivity contribution is 0.0822. The normalized spacial score (nSPS) is 16.5. The van der Waals surface area contributed by atoms with E-state index in [1.54, 1.807) is 4.90 Å². The highest BCUT2D eigenvalue weighted by atomic mass is 16.6. The topological polar surface area (TPSA) is 49.8 Å². The Kier molecular flexibility index (Phi) is 5.96. The number of aliphatic hydroxyl groups excluding tert-OH is 1. The number of carbonyl (C=O) groups is 1. The summed E-state index contributed by atoms with van der Waals surface area (Å²) in [7, 11) is 0. The van der Waals surface area contributed by atoms with Crippen LogP contribution >= 0.6 is 0 Å². The van der Waals surface area contributed by atoms with Crippen LogP contribution < -0.4 is 0 Å². The van der Waals surface area contributed by atoms with Gasteiger partial charge in [-0.2, -0.15) is 0 Å². The maximum absolute atomic E-state index is 12.8. The predicted molar refractivity (Wildman–Crippen MR) is 110 cm³/mol. The summed E-state index contributed by atoms with van der Waals surface area (Å²) in [5.41, 5.74) is 4.90. The zero-order chi connectivity index (χ0) is 19.3. The molecule has 0 radical (unpaired) electrons. The van der Waals surface area contributed by atoms with Gasteiger partial charge in [0.2, 0.25) is 0 Å². The highest BCUT2D eigenvalue weighted by Crippen LogP contribution is 2.44. The van der Waals surface area contributed by atoms with E-state index >= 15 is 0 Å². The Morgan fingerprint density at radius 2 is 1.57 bits per heavy atom. The molecule has 4 rings (SSSR count). The number of amides is 1. The van der Waals surface area contributed by atoms with E-state index in [9.17, 15) is 9.90 Å². The van der Waals surface area contributed by atoms with Crippen LogP contribution in [0, 0.1) is 5.92 Å². The average Bonchev–Trinajstić information content (AvgIpc) is 3.06. The summed E-state index contributed by atoms with van der Waals surface area (Å²) < 4.78 is 5.77. The fraction of sp³-hybridized carbons (Fsp3) is 0.458. The highest BCUT2D eigenvalue weighted by molar-refractivity contribution is 5.79. The Balaban J connectivity index is 1.44. The molecule has 4 heteroatoms. The molecule has 28 heavy (non-hydrogen) atoms. The summed E-state index contributed by atoms with van der Waals surface area (Å²) in [6.07, 6.45) is 5.80. The first-order chi connectivity index (χ1) is 13.8. The van der Waals surface area contributed by atoms with Crippen LogP contribution in [0.15, 0.2) is 48.5 Å². The third-order valence-corrected chi connectivity index (χ3v) is 6.17. The van der Waals surface area contributed by atoms with Crippen molar-refractivity contribution in [3.05, 3.63) is 59.7 Å². The lowest BCUT2D eigenvalue weighted by Gasteiger charge is -2.29. The molecule has 2 aliphatic rings. The van der Waals surface area contributed by atoms with E-state index in [-0.39, 0.29) is 18.6 Å². The third kappa shape index (κ3) is 3.93. The summed E-state index contributed by atoms with van der Waals surface area (Å²) in [5, 5.41) is 9.41. The maximum atomic E-state index is 12.8. The van der Waals surface area contributed by atoms with Crippen LogP contribution in [0.2, 0.25) is 0 Å². The van der Waals surface area contributed by atoms with Crippen LogP contribution in [0.3, 0.4) is 0 Å². The molecular formula is C24H29NO3. The molecule has 0 heterocycles. The molecule has 0 bridgehead atoms. The molecular weight excluding hydrogens is 350 g/mol. The Morgan fingerprint density at radius 1 is 0.964 bits per heavy atom. The second-order valence-electron chi connectivity index (χ2n) is 7.98. The molecule has 0 saturated heterocycles. The first-order valence-electron chi connectivity index (χ1n) is 10.5. The molecule has 1 N–H and O–H groups in total. The first-order valence-corrected chi connectivity index (χ1v) is 10.5. The number of rotatable bonds is 6. The number of aliphatic hydroxyl groups is 1. The predicted octanol–water partition coefficient (Wildman–Crippen LogP) is 4.81. The highest BCUT2D eigenvalue weighted by Gasteiger charge is 2.30. The van der Waals surface area contributed by atoms with E-state index in [4.69, 9.17) is 4.74 Å². The van der Waals surface area contributed by atoms with Crippen molar-refractivity contribution in [2.45, 2.75) is 38.0 Å². The van der Waals surface area contributed by atoms with E-state index in [1.165, 1.54) is 54.4 Å². The molecule has 148 valence electrons. The number of ether oxygens (including phenoxy) is 1. The van der Waals surface area contributed by atoms with Gasteiger partial charge in [-0.3, -0.25) is 0 Å². The summed E-state index contributed by atoms with van der Waals surface area (Å²) in [5.74, 6) is 0.600. The van der Waals surface area contributed by atoms with Crippen molar-refractivity contribution >= 4 is 6.09 Å². The van der Waals surface area contributed by atoms with Crippen LogP contribution in [-0.4, -0.2) is 42.4 Å². The molecule has 0 spiro atoms. The van der Waals surface area contributed by atoms with Crippen molar-refractivity contribution in [2.24, 2.45) is 5.92 Å². The molecule has 4 nitrogen and oxygen atoms in total. The van der Waals surface area contributed by atoms with Gasteiger partial charge >= 0.3 is 6.09 Å². The smallest absolute Gasteiger partial charge is 0.409 e. The zero-order valence-corrected chi connectivity index (χ0v) is 16.3. The molecule has 1 saturated carbocycles. The quantitative estimate of drug-likeness (QED) is 0.783. The molecule has 1 amide bonds. The van der Waals surface area contributed by atoms with Gasteiger partial charge in [-0.25, -0.2) is 4.79 Å². The maximum Gasteiger partial charge on any atom is 0.409 e. The number of nitrogens with zero attached hydrogens (tertiary/aromatic N) is 1. The lowest BCUT2D eigenvalue weighted by atomic mass is 9.89. The fourth-order valence-electron chi connectivity index (χ4n) is 4.74. The van der Waals surface area contributed by atoms with Crippen LogP contribution in [0.25, 0.3) is 11.1 Å². The zero-order valence-electron chi connectivity index (χ0n) is 16.3. The molecule has 2 aliphatic carbocycles. The SMILES string of the molecule is O=C(OCC1c2ccccc2-c2ccccc21)N(CCO)CC1CCCCC1. The molecule has 0 atom stereocenters. The standard InChI is InChI=1S/C24H29NO3/c26-15-14-25(16-18-8-2-1-3-9-18)24(27)28-17-23-21-12-6-4-10-19(21)20-11-5-7-13-22(20)23/h4-7,10-13,18,23,26H,1-3,8-9,14-17H2. The number of fused-ring (bicyclic) bond motifs is 3. The van der Waals surface area contributed by atoms with Gasteiger partial charge in [0.15, 0.2) is 0 Å². The van der Waals surface area contributed by atoms with Crippen LogP contribution in [0.5, 0.6) is 0 Å². The minimum Gasteiger partial charge on any atom is -0.448 e. The Hall–Kier alpha value is -2.33. The van der Waals surface area contributed by atoms with Crippen LogP contribution in [0.4, 0.5) is 4.79 Å². The van der Waals surface area contributed by atoms with Gasteiger partial charge in [0, 0.05) is 19.0 Å². The van der Waals surface area contributed by atoms with Gasteiger partial charge in [0.05, 0.1) is 6.61 Å². The number of carbonyl (C=O) groups excluding carboxylic acids is 1. The van der Waals surface area contributed by atoms with Gasteiger partial charge in [-0.15, -0.1) is 0 Å². The summed E-state index contributed by atoms with van der Waals surface area (Å²) >= 11 is 0. The average molecular weight is 380 g/mol. The van der Waals surface area contributed by atoms with Crippen LogP contribution in [0.1, 0.15) is 49.1 Å². The molecule has 0 aromatic heterocycles. The number of hydrogen-bond acceptors (Lipinski definition) is 3. The molecule has 0 unspecified atom stereocenters. The van der Waals surface area contributed by atoms with Crippen molar-refractivity contribution in [3.8, 4) is 11.1 Å².